The zero-order chi connectivity index (χ0) is 21.7. The fraction of sp³-hybridized carbons (Fsp3) is 0.478. The van der Waals surface area contributed by atoms with Crippen LogP contribution in [-0.4, -0.2) is 79.2 Å². The van der Waals surface area contributed by atoms with Gasteiger partial charge in [-0.3, -0.25) is 14.7 Å². The molecule has 0 spiro atoms. The van der Waals surface area contributed by atoms with Crippen LogP contribution in [0, 0.1) is 5.92 Å². The second-order valence-electron chi connectivity index (χ2n) is 8.25. The first-order valence-corrected chi connectivity index (χ1v) is 12.4. The van der Waals surface area contributed by atoms with Crippen molar-refractivity contribution in [3.63, 3.8) is 0 Å². The number of hydrogen-bond donors (Lipinski definition) is 0. The standard InChI is InChI=1S/C23H30N4O3S/c28-23(26-17-15-25(16-18-26)14-11-21-8-4-5-12-24-21)20-7-6-13-27(19-20)31(29,30)22-9-2-1-3-10-22/h1-5,8-10,12,20H,6-7,11,13-19H2. The van der Waals surface area contributed by atoms with Crippen molar-refractivity contribution in [2.24, 2.45) is 5.92 Å². The molecule has 0 N–H and O–H groups in total. The molecule has 2 saturated heterocycles. The minimum absolute atomic E-state index is 0.0948. The van der Waals surface area contributed by atoms with E-state index in [1.165, 1.54) is 4.31 Å². The van der Waals surface area contributed by atoms with Gasteiger partial charge in [0, 0.05) is 64.1 Å². The van der Waals surface area contributed by atoms with E-state index in [1.54, 1.807) is 30.3 Å². The summed E-state index contributed by atoms with van der Waals surface area (Å²) in [6.07, 6.45) is 4.19. The lowest BCUT2D eigenvalue weighted by atomic mass is 9.97. The lowest BCUT2D eigenvalue weighted by molar-refractivity contribution is -0.138. The van der Waals surface area contributed by atoms with Crippen LogP contribution in [0.4, 0.5) is 0 Å². The van der Waals surface area contributed by atoms with Crippen LogP contribution in [0.25, 0.3) is 0 Å². The summed E-state index contributed by atoms with van der Waals surface area (Å²) >= 11 is 0. The average Bonchev–Trinajstić information content (AvgIpc) is 2.84. The SMILES string of the molecule is O=C(C1CCCN(S(=O)(=O)c2ccccc2)C1)N1CCN(CCc2ccccn2)CC1. The third-order valence-electron chi connectivity index (χ3n) is 6.21. The van der Waals surface area contributed by atoms with E-state index in [0.29, 0.717) is 31.0 Å². The van der Waals surface area contributed by atoms with Crippen molar-refractivity contribution < 1.29 is 13.2 Å². The van der Waals surface area contributed by atoms with Gasteiger partial charge < -0.3 is 4.90 Å². The van der Waals surface area contributed by atoms with Gasteiger partial charge in [-0.2, -0.15) is 4.31 Å². The maximum absolute atomic E-state index is 13.1. The zero-order valence-corrected chi connectivity index (χ0v) is 18.6. The maximum atomic E-state index is 13.1. The molecule has 2 aliphatic heterocycles. The van der Waals surface area contributed by atoms with Crippen LogP contribution in [0.5, 0.6) is 0 Å². The first kappa shape index (κ1) is 21.9. The number of amides is 1. The molecule has 0 bridgehead atoms. The van der Waals surface area contributed by atoms with E-state index in [1.807, 2.05) is 29.3 Å². The summed E-state index contributed by atoms with van der Waals surface area (Å²) in [5, 5.41) is 0. The Morgan fingerprint density at radius 2 is 1.71 bits per heavy atom. The molecular formula is C23H30N4O3S. The van der Waals surface area contributed by atoms with Gasteiger partial charge in [-0.05, 0) is 37.1 Å². The van der Waals surface area contributed by atoms with Crippen molar-refractivity contribution in [2.45, 2.75) is 24.2 Å². The third kappa shape index (κ3) is 5.31. The number of sulfonamides is 1. The van der Waals surface area contributed by atoms with Crippen LogP contribution in [0.2, 0.25) is 0 Å². The van der Waals surface area contributed by atoms with Crippen LogP contribution in [0.3, 0.4) is 0 Å². The smallest absolute Gasteiger partial charge is 0.243 e. The molecule has 4 rings (SSSR count). The molecule has 166 valence electrons. The molecule has 1 aromatic heterocycles. The van der Waals surface area contributed by atoms with Crippen LogP contribution < -0.4 is 0 Å². The van der Waals surface area contributed by atoms with Gasteiger partial charge >= 0.3 is 0 Å². The quantitative estimate of drug-likeness (QED) is 0.683. The Morgan fingerprint density at radius 3 is 2.42 bits per heavy atom. The van der Waals surface area contributed by atoms with Crippen molar-refractivity contribution in [1.29, 1.82) is 0 Å². The Morgan fingerprint density at radius 1 is 0.968 bits per heavy atom. The average molecular weight is 443 g/mol. The fourth-order valence-electron chi connectivity index (χ4n) is 4.37. The van der Waals surface area contributed by atoms with Crippen molar-refractivity contribution >= 4 is 15.9 Å². The molecule has 1 amide bonds. The molecular weight excluding hydrogens is 412 g/mol. The molecule has 0 aliphatic carbocycles. The predicted octanol–water partition coefficient (Wildman–Crippen LogP) is 1.87. The molecule has 31 heavy (non-hydrogen) atoms. The van der Waals surface area contributed by atoms with Crippen LogP contribution in [-0.2, 0) is 21.2 Å². The van der Waals surface area contributed by atoms with Gasteiger partial charge in [-0.15, -0.1) is 0 Å². The summed E-state index contributed by atoms with van der Waals surface area (Å²) in [6.45, 7) is 4.77. The molecule has 1 unspecified atom stereocenters. The van der Waals surface area contributed by atoms with Gasteiger partial charge in [-0.25, -0.2) is 8.42 Å². The number of pyridine rings is 1. The molecule has 2 aliphatic rings. The fourth-order valence-corrected chi connectivity index (χ4v) is 5.92. The number of piperidine rings is 1. The monoisotopic (exact) mass is 442 g/mol. The summed E-state index contributed by atoms with van der Waals surface area (Å²) in [7, 11) is -3.55. The number of hydrogen-bond acceptors (Lipinski definition) is 5. The minimum atomic E-state index is -3.55. The normalized spacial score (nSPS) is 21.2. The van der Waals surface area contributed by atoms with Crippen LogP contribution in [0.15, 0.2) is 59.6 Å². The number of benzene rings is 1. The van der Waals surface area contributed by atoms with Gasteiger partial charge in [0.2, 0.25) is 15.9 Å². The van der Waals surface area contributed by atoms with Crippen molar-refractivity contribution in [3.8, 4) is 0 Å². The Labute approximate surface area is 184 Å². The molecule has 0 saturated carbocycles. The second-order valence-corrected chi connectivity index (χ2v) is 10.2. The lowest BCUT2D eigenvalue weighted by Gasteiger charge is -2.38. The molecule has 3 heterocycles. The summed E-state index contributed by atoms with van der Waals surface area (Å²) < 4.78 is 27.4. The van der Waals surface area contributed by atoms with E-state index in [0.717, 1.165) is 38.2 Å². The first-order valence-electron chi connectivity index (χ1n) is 11.0. The molecule has 1 atom stereocenters. The van der Waals surface area contributed by atoms with Crippen molar-refractivity contribution in [3.05, 3.63) is 60.4 Å². The number of carbonyl (C=O) groups excluding carboxylic acids is 1. The predicted molar refractivity (Wildman–Crippen MR) is 119 cm³/mol. The van der Waals surface area contributed by atoms with E-state index < -0.39 is 10.0 Å². The summed E-state index contributed by atoms with van der Waals surface area (Å²) in [5.41, 5.74) is 1.09. The highest BCUT2D eigenvalue weighted by Gasteiger charge is 2.35. The van der Waals surface area contributed by atoms with E-state index in [4.69, 9.17) is 0 Å². The number of carbonyl (C=O) groups is 1. The largest absolute Gasteiger partial charge is 0.340 e. The topological polar surface area (TPSA) is 73.8 Å². The number of nitrogens with zero attached hydrogens (tertiary/aromatic N) is 4. The number of aromatic nitrogens is 1. The van der Waals surface area contributed by atoms with Gasteiger partial charge in [-0.1, -0.05) is 24.3 Å². The van der Waals surface area contributed by atoms with Gasteiger partial charge in [0.05, 0.1) is 10.8 Å². The zero-order valence-electron chi connectivity index (χ0n) is 17.8. The van der Waals surface area contributed by atoms with Crippen molar-refractivity contribution in [2.75, 3.05) is 45.8 Å². The molecule has 2 aromatic rings. The summed E-state index contributed by atoms with van der Waals surface area (Å²) in [5.74, 6) is -0.162. The first-order chi connectivity index (χ1) is 15.0. The summed E-state index contributed by atoms with van der Waals surface area (Å²) in [4.78, 5) is 22.1. The third-order valence-corrected chi connectivity index (χ3v) is 8.09. The Balaban J connectivity index is 1.29. The Bertz CT molecular complexity index is 961. The Kier molecular flexibility index (Phi) is 6.99. The van der Waals surface area contributed by atoms with E-state index >= 15 is 0 Å². The van der Waals surface area contributed by atoms with E-state index in [-0.39, 0.29) is 18.4 Å². The van der Waals surface area contributed by atoms with E-state index in [2.05, 4.69) is 9.88 Å². The maximum Gasteiger partial charge on any atom is 0.243 e. The molecule has 7 nitrogen and oxygen atoms in total. The van der Waals surface area contributed by atoms with Gasteiger partial charge in [0.15, 0.2) is 0 Å². The molecule has 1 aromatic carbocycles. The van der Waals surface area contributed by atoms with Gasteiger partial charge in [0.25, 0.3) is 0 Å². The van der Waals surface area contributed by atoms with Crippen LogP contribution >= 0.6 is 0 Å². The number of rotatable bonds is 6. The highest BCUT2D eigenvalue weighted by molar-refractivity contribution is 7.89. The minimum Gasteiger partial charge on any atom is -0.340 e. The molecule has 2 fully saturated rings. The van der Waals surface area contributed by atoms with Crippen LogP contribution in [0.1, 0.15) is 18.5 Å². The lowest BCUT2D eigenvalue weighted by Crippen LogP contribution is -2.53. The van der Waals surface area contributed by atoms with Gasteiger partial charge in [0.1, 0.15) is 0 Å². The van der Waals surface area contributed by atoms with Crippen molar-refractivity contribution in [1.82, 2.24) is 19.1 Å². The highest BCUT2D eigenvalue weighted by atomic mass is 32.2. The molecule has 0 radical (unpaired) electrons. The molecule has 8 heteroatoms. The van der Waals surface area contributed by atoms with E-state index in [9.17, 15) is 13.2 Å². The number of piperazine rings is 1. The second kappa shape index (κ2) is 9.89. The highest BCUT2D eigenvalue weighted by Crippen LogP contribution is 2.25. The summed E-state index contributed by atoms with van der Waals surface area (Å²) in [6, 6.07) is 14.5. The Hall–Kier alpha value is -2.29.